The van der Waals surface area contributed by atoms with Crippen LogP contribution in [-0.4, -0.2) is 22.6 Å². The molecular weight excluding hydrogens is 532 g/mol. The van der Waals surface area contributed by atoms with Gasteiger partial charge in [-0.2, -0.15) is 0 Å². The Morgan fingerprint density at radius 2 is 1.95 bits per heavy atom. The van der Waals surface area contributed by atoms with Gasteiger partial charge in [-0.1, -0.05) is 31.5 Å². The van der Waals surface area contributed by atoms with Crippen LogP contribution in [0.1, 0.15) is 44.3 Å². The van der Waals surface area contributed by atoms with E-state index in [2.05, 4.69) is 15.6 Å². The number of pyridine rings is 1. The molecule has 1 aliphatic heterocycles. The van der Waals surface area contributed by atoms with Gasteiger partial charge in [0.15, 0.2) is 5.11 Å². The number of rotatable bonds is 8. The van der Waals surface area contributed by atoms with E-state index in [1.807, 2.05) is 86.3 Å². The molecule has 1 saturated heterocycles. The van der Waals surface area contributed by atoms with Crippen molar-refractivity contribution in [1.82, 2.24) is 10.3 Å². The average molecular weight is 561 g/mol. The molecule has 5 rings (SSSR count). The van der Waals surface area contributed by atoms with Crippen molar-refractivity contribution >= 4 is 46.2 Å². The fourth-order valence-electron chi connectivity index (χ4n) is 4.50. The van der Waals surface area contributed by atoms with Crippen molar-refractivity contribution in [2.45, 2.75) is 32.9 Å². The summed E-state index contributed by atoms with van der Waals surface area (Å²) in [6.45, 7) is 6.23. The molecule has 7 nitrogen and oxygen atoms in total. The van der Waals surface area contributed by atoms with E-state index in [1.165, 1.54) is 0 Å². The summed E-state index contributed by atoms with van der Waals surface area (Å²) in [5.74, 6) is 1.99. The van der Waals surface area contributed by atoms with Gasteiger partial charge in [-0.25, -0.2) is 0 Å². The summed E-state index contributed by atoms with van der Waals surface area (Å²) >= 11 is 12.4. The lowest BCUT2D eigenvalue weighted by atomic mass is 10.0. The predicted molar refractivity (Wildman–Crippen MR) is 158 cm³/mol. The highest BCUT2D eigenvalue weighted by Crippen LogP contribution is 2.44. The average Bonchev–Trinajstić information content (AvgIpc) is 3.55. The van der Waals surface area contributed by atoms with Gasteiger partial charge in [0.2, 0.25) is 5.91 Å². The van der Waals surface area contributed by atoms with Crippen LogP contribution in [0.4, 0.5) is 11.4 Å². The molecule has 0 unspecified atom stereocenters. The lowest BCUT2D eigenvalue weighted by Gasteiger charge is -2.26. The predicted octanol–water partition coefficient (Wildman–Crippen LogP) is 7.17. The zero-order valence-corrected chi connectivity index (χ0v) is 23.4. The molecule has 200 valence electrons. The fraction of sp³-hybridized carbons (Fsp3) is 0.233. The summed E-state index contributed by atoms with van der Waals surface area (Å²) in [6, 6.07) is 22.4. The number of furan rings is 1. The first-order chi connectivity index (χ1) is 18.9. The van der Waals surface area contributed by atoms with E-state index in [1.54, 1.807) is 18.3 Å². The third kappa shape index (κ3) is 5.62. The molecule has 1 amide bonds. The molecule has 2 atom stereocenters. The number of halogens is 1. The Morgan fingerprint density at radius 3 is 2.62 bits per heavy atom. The lowest BCUT2D eigenvalue weighted by Crippen LogP contribution is -2.29. The van der Waals surface area contributed by atoms with Crippen molar-refractivity contribution in [3.8, 4) is 17.1 Å². The highest BCUT2D eigenvalue weighted by molar-refractivity contribution is 7.80. The van der Waals surface area contributed by atoms with Crippen LogP contribution < -0.4 is 20.3 Å². The van der Waals surface area contributed by atoms with Gasteiger partial charge in [0, 0.05) is 23.4 Å². The summed E-state index contributed by atoms with van der Waals surface area (Å²) in [6.07, 6.45) is 1.76. The van der Waals surface area contributed by atoms with Crippen molar-refractivity contribution in [3.63, 3.8) is 0 Å². The number of hydrogen-bond acceptors (Lipinski definition) is 5. The van der Waals surface area contributed by atoms with Gasteiger partial charge < -0.3 is 24.7 Å². The minimum Gasteiger partial charge on any atom is -0.494 e. The van der Waals surface area contributed by atoms with E-state index in [0.717, 1.165) is 34.2 Å². The number of nitrogens with one attached hydrogen (secondary N) is 2. The molecule has 0 spiro atoms. The number of carbonyl (C=O) groups is 1. The minimum atomic E-state index is -0.337. The van der Waals surface area contributed by atoms with Crippen molar-refractivity contribution in [2.24, 2.45) is 5.92 Å². The second-order valence-corrected chi connectivity index (χ2v) is 10.3. The summed E-state index contributed by atoms with van der Waals surface area (Å²) < 4.78 is 12.0. The van der Waals surface area contributed by atoms with Crippen LogP contribution in [0.25, 0.3) is 11.3 Å². The van der Waals surface area contributed by atoms with Crippen molar-refractivity contribution in [2.75, 3.05) is 16.8 Å². The number of amides is 1. The maximum Gasteiger partial charge on any atom is 0.226 e. The maximum atomic E-state index is 12.2. The molecule has 4 aromatic rings. The maximum absolute atomic E-state index is 12.2. The Hall–Kier alpha value is -3.88. The summed E-state index contributed by atoms with van der Waals surface area (Å²) in [7, 11) is 0. The first-order valence-corrected chi connectivity index (χ1v) is 13.6. The highest BCUT2D eigenvalue weighted by Gasteiger charge is 2.42. The zero-order chi connectivity index (χ0) is 27.5. The lowest BCUT2D eigenvalue weighted by molar-refractivity contribution is -0.118. The number of thiocarbonyl (C=S) groups is 1. The Balaban J connectivity index is 1.51. The van der Waals surface area contributed by atoms with E-state index in [0.29, 0.717) is 22.4 Å². The summed E-state index contributed by atoms with van der Waals surface area (Å²) in [4.78, 5) is 18.8. The number of benzene rings is 2. The van der Waals surface area contributed by atoms with E-state index in [4.69, 9.17) is 33.0 Å². The summed E-state index contributed by atoms with van der Waals surface area (Å²) in [5, 5.41) is 7.23. The molecule has 1 aliphatic rings. The van der Waals surface area contributed by atoms with Gasteiger partial charge in [0.1, 0.15) is 23.3 Å². The van der Waals surface area contributed by atoms with Gasteiger partial charge in [-0.05, 0) is 85.9 Å². The van der Waals surface area contributed by atoms with Crippen molar-refractivity contribution in [3.05, 3.63) is 95.5 Å². The Bertz CT molecular complexity index is 1470. The number of ether oxygens (including phenoxy) is 1. The van der Waals surface area contributed by atoms with Gasteiger partial charge in [0.25, 0.3) is 0 Å². The van der Waals surface area contributed by atoms with Crippen LogP contribution in [0.5, 0.6) is 5.75 Å². The molecule has 9 heteroatoms. The SMILES string of the molecule is CCOc1ccc(-c2ccc([C@@H]3[C@@H](c4ccccn4)NC(=S)N3c3ccc(NC(=O)C(C)C)c(Cl)c3)o2)cc1. The largest absolute Gasteiger partial charge is 0.494 e. The first kappa shape index (κ1) is 26.7. The van der Waals surface area contributed by atoms with E-state index in [9.17, 15) is 4.79 Å². The highest BCUT2D eigenvalue weighted by atomic mass is 35.5. The van der Waals surface area contributed by atoms with Gasteiger partial charge >= 0.3 is 0 Å². The third-order valence-corrected chi connectivity index (χ3v) is 7.11. The Kier molecular flexibility index (Phi) is 7.86. The fourth-order valence-corrected chi connectivity index (χ4v) is 5.07. The van der Waals surface area contributed by atoms with Crippen LogP contribution in [0.2, 0.25) is 5.02 Å². The van der Waals surface area contributed by atoms with Crippen molar-refractivity contribution < 1.29 is 13.9 Å². The molecular formula is C30H29ClN4O3S. The standard InChI is InChI=1S/C30H29ClN4O3S/c1-4-37-21-11-8-19(9-12-21)25-14-15-26(38-25)28-27(24-7-5-6-16-32-24)34-30(39)35(28)20-10-13-23(22(31)17-20)33-29(36)18(2)3/h5-18,27-28H,4H2,1-3H3,(H,33,36)(H,34,39)/t27-,28-/m1/s1. The second kappa shape index (κ2) is 11.5. The molecule has 2 aromatic heterocycles. The van der Waals surface area contributed by atoms with Gasteiger partial charge in [-0.15, -0.1) is 0 Å². The quantitative estimate of drug-likeness (QED) is 0.221. The number of carbonyl (C=O) groups excluding carboxylic acids is 1. The van der Waals surface area contributed by atoms with Crippen molar-refractivity contribution in [1.29, 1.82) is 0 Å². The van der Waals surface area contributed by atoms with Crippen LogP contribution in [0, 0.1) is 5.92 Å². The molecule has 0 aliphatic carbocycles. The normalized spacial score (nSPS) is 16.8. The molecule has 2 aromatic carbocycles. The minimum absolute atomic E-state index is 0.103. The van der Waals surface area contributed by atoms with E-state index in [-0.39, 0.29) is 23.9 Å². The molecule has 39 heavy (non-hydrogen) atoms. The molecule has 0 radical (unpaired) electrons. The van der Waals surface area contributed by atoms with Crippen LogP contribution >= 0.6 is 23.8 Å². The molecule has 0 bridgehead atoms. The van der Waals surface area contributed by atoms with E-state index < -0.39 is 0 Å². The first-order valence-electron chi connectivity index (χ1n) is 12.8. The molecule has 1 fully saturated rings. The van der Waals surface area contributed by atoms with Gasteiger partial charge in [-0.3, -0.25) is 9.78 Å². The number of hydrogen-bond donors (Lipinski definition) is 2. The number of nitrogens with zero attached hydrogens (tertiary/aromatic N) is 2. The van der Waals surface area contributed by atoms with Crippen LogP contribution in [0.3, 0.4) is 0 Å². The summed E-state index contributed by atoms with van der Waals surface area (Å²) in [5.41, 5.74) is 3.08. The zero-order valence-electron chi connectivity index (χ0n) is 21.9. The van der Waals surface area contributed by atoms with Crippen LogP contribution in [0.15, 0.2) is 83.4 Å². The number of aromatic nitrogens is 1. The Labute approximate surface area is 238 Å². The van der Waals surface area contributed by atoms with E-state index >= 15 is 0 Å². The monoisotopic (exact) mass is 560 g/mol. The third-order valence-electron chi connectivity index (χ3n) is 6.48. The second-order valence-electron chi connectivity index (χ2n) is 9.46. The molecule has 2 N–H and O–H groups in total. The smallest absolute Gasteiger partial charge is 0.226 e. The van der Waals surface area contributed by atoms with Gasteiger partial charge in [0.05, 0.1) is 29.1 Å². The van der Waals surface area contributed by atoms with Crippen LogP contribution in [-0.2, 0) is 4.79 Å². The Morgan fingerprint density at radius 1 is 1.15 bits per heavy atom. The molecule has 0 saturated carbocycles. The topological polar surface area (TPSA) is 79.6 Å². The number of anilines is 2. The molecule has 3 heterocycles.